The van der Waals surface area contributed by atoms with E-state index in [9.17, 15) is 9.59 Å². The molecule has 0 aromatic rings. The van der Waals surface area contributed by atoms with Crippen LogP contribution >= 0.6 is 0 Å². The van der Waals surface area contributed by atoms with Crippen molar-refractivity contribution in [2.75, 3.05) is 0 Å². The summed E-state index contributed by atoms with van der Waals surface area (Å²) in [6.45, 7) is 8.47. The smallest absolute Gasteiger partial charge is 0.177 e. The summed E-state index contributed by atoms with van der Waals surface area (Å²) in [4.78, 5) is 22.1. The van der Waals surface area contributed by atoms with Crippen LogP contribution in [0.25, 0.3) is 0 Å². The van der Waals surface area contributed by atoms with E-state index >= 15 is 0 Å². The molecule has 0 unspecified atom stereocenters. The molecule has 24 heavy (non-hydrogen) atoms. The summed E-state index contributed by atoms with van der Waals surface area (Å²) in [5.41, 5.74) is 0. The van der Waals surface area contributed by atoms with Crippen molar-refractivity contribution in [1.82, 2.24) is 0 Å². The molecular formula is C22H38O2. The van der Waals surface area contributed by atoms with Crippen LogP contribution in [0.1, 0.15) is 91.9 Å². The van der Waals surface area contributed by atoms with Crippen LogP contribution < -0.4 is 0 Å². The molecule has 0 aliphatic heterocycles. The molecule has 0 aliphatic carbocycles. The second-order valence-corrected chi connectivity index (χ2v) is 5.90. The number of ketones is 2. The van der Waals surface area contributed by atoms with E-state index in [1.54, 1.807) is 18.2 Å². The third-order valence-corrected chi connectivity index (χ3v) is 3.26. The second-order valence-electron chi connectivity index (χ2n) is 5.90. The fraction of sp³-hybridized carbons (Fsp3) is 0.636. The van der Waals surface area contributed by atoms with Crippen molar-refractivity contribution in [3.05, 3.63) is 36.5 Å². The van der Waals surface area contributed by atoms with Gasteiger partial charge in [-0.1, -0.05) is 78.0 Å². The summed E-state index contributed by atoms with van der Waals surface area (Å²) in [6, 6.07) is 0. The standard InChI is InChI=1S/C11H20O.C11H18O/c2*1-3-5-7-9-11(12)10-8-6-4-2/h7,9H,3-6,8,10H2,1-2H3;7-10H,3-6H2,1-2H3. The average Bonchev–Trinajstić information content (AvgIpc) is 2.56. The Bertz CT molecular complexity index is 357. The topological polar surface area (TPSA) is 34.1 Å². The van der Waals surface area contributed by atoms with Crippen molar-refractivity contribution in [2.45, 2.75) is 91.9 Å². The van der Waals surface area contributed by atoms with Gasteiger partial charge in [0.15, 0.2) is 11.6 Å². The van der Waals surface area contributed by atoms with E-state index in [1.807, 2.05) is 18.2 Å². The first-order valence-corrected chi connectivity index (χ1v) is 9.68. The summed E-state index contributed by atoms with van der Waals surface area (Å²) < 4.78 is 0. The maximum atomic E-state index is 11.1. The zero-order chi connectivity index (χ0) is 18.5. The Balaban J connectivity index is 0. The van der Waals surface area contributed by atoms with Gasteiger partial charge >= 0.3 is 0 Å². The maximum Gasteiger partial charge on any atom is 0.177 e. The molecule has 0 fully saturated rings. The minimum Gasteiger partial charge on any atom is -0.295 e. The number of unbranched alkanes of at least 4 members (excludes halogenated alkanes) is 5. The Labute approximate surface area is 150 Å². The third-order valence-electron chi connectivity index (χ3n) is 3.26. The highest BCUT2D eigenvalue weighted by molar-refractivity contribution is 5.99. The molecule has 0 rings (SSSR count). The molecule has 0 amide bonds. The largest absolute Gasteiger partial charge is 0.295 e. The van der Waals surface area contributed by atoms with E-state index < -0.39 is 0 Å². The summed E-state index contributed by atoms with van der Waals surface area (Å²) in [5, 5.41) is 0. The number of carbonyl (C=O) groups excluding carboxylic acids is 2. The predicted molar refractivity (Wildman–Crippen MR) is 106 cm³/mol. The number of rotatable bonds is 13. The third kappa shape index (κ3) is 22.8. The van der Waals surface area contributed by atoms with E-state index in [0.717, 1.165) is 51.4 Å². The van der Waals surface area contributed by atoms with Gasteiger partial charge in [0.1, 0.15) is 0 Å². The zero-order valence-electron chi connectivity index (χ0n) is 16.4. The van der Waals surface area contributed by atoms with E-state index in [2.05, 4.69) is 27.7 Å². The number of hydrogen-bond acceptors (Lipinski definition) is 2. The molecule has 0 aromatic heterocycles. The molecule has 0 saturated heterocycles. The average molecular weight is 335 g/mol. The highest BCUT2D eigenvalue weighted by Crippen LogP contribution is 2.00. The van der Waals surface area contributed by atoms with Crippen LogP contribution in [-0.2, 0) is 9.59 Å². The predicted octanol–water partition coefficient (Wildman–Crippen LogP) is 6.76. The van der Waals surface area contributed by atoms with E-state index in [-0.39, 0.29) is 11.6 Å². The quantitative estimate of drug-likeness (QED) is 0.275. The SMILES string of the molecule is CCCC=CC(=O)C=CCCC.CCCC=CC(=O)CCCCC. The van der Waals surface area contributed by atoms with Crippen LogP contribution in [0.2, 0.25) is 0 Å². The first-order chi connectivity index (χ1) is 11.6. The first kappa shape index (κ1) is 24.8. The van der Waals surface area contributed by atoms with E-state index in [1.165, 1.54) is 12.8 Å². The van der Waals surface area contributed by atoms with E-state index in [0.29, 0.717) is 0 Å². The highest BCUT2D eigenvalue weighted by atomic mass is 16.1. The van der Waals surface area contributed by atoms with Gasteiger partial charge in [0.2, 0.25) is 0 Å². The van der Waals surface area contributed by atoms with Gasteiger partial charge in [0.25, 0.3) is 0 Å². The lowest BCUT2D eigenvalue weighted by molar-refractivity contribution is -0.114. The number of carbonyl (C=O) groups is 2. The van der Waals surface area contributed by atoms with Gasteiger partial charge in [-0.25, -0.2) is 0 Å². The summed E-state index contributed by atoms with van der Waals surface area (Å²) in [7, 11) is 0. The Morgan fingerprint density at radius 3 is 1.50 bits per heavy atom. The molecule has 0 N–H and O–H groups in total. The van der Waals surface area contributed by atoms with Gasteiger partial charge in [-0.2, -0.15) is 0 Å². The molecule has 0 bridgehead atoms. The van der Waals surface area contributed by atoms with Gasteiger partial charge in [-0.05, 0) is 43.9 Å². The highest BCUT2D eigenvalue weighted by Gasteiger charge is 1.94. The monoisotopic (exact) mass is 334 g/mol. The minimum absolute atomic E-state index is 0.108. The summed E-state index contributed by atoms with van der Waals surface area (Å²) >= 11 is 0. The Hall–Kier alpha value is -1.44. The molecule has 0 spiro atoms. The molecule has 2 nitrogen and oxygen atoms in total. The van der Waals surface area contributed by atoms with Crippen LogP contribution in [0, 0.1) is 0 Å². The van der Waals surface area contributed by atoms with Crippen LogP contribution in [0.4, 0.5) is 0 Å². The van der Waals surface area contributed by atoms with Crippen molar-refractivity contribution in [1.29, 1.82) is 0 Å². The van der Waals surface area contributed by atoms with Crippen molar-refractivity contribution < 1.29 is 9.59 Å². The Morgan fingerprint density at radius 2 is 1.08 bits per heavy atom. The minimum atomic E-state index is 0.108. The van der Waals surface area contributed by atoms with Gasteiger partial charge in [0.05, 0.1) is 0 Å². The summed E-state index contributed by atoms with van der Waals surface area (Å²) in [5.74, 6) is 0.397. The van der Waals surface area contributed by atoms with Crippen molar-refractivity contribution in [3.8, 4) is 0 Å². The molecule has 138 valence electrons. The lowest BCUT2D eigenvalue weighted by Gasteiger charge is -1.93. The number of allylic oxidation sites excluding steroid dienone is 6. The van der Waals surface area contributed by atoms with Gasteiger partial charge in [0, 0.05) is 6.42 Å². The molecule has 0 aliphatic rings. The van der Waals surface area contributed by atoms with Crippen LogP contribution in [-0.4, -0.2) is 11.6 Å². The van der Waals surface area contributed by atoms with Crippen LogP contribution in [0.3, 0.4) is 0 Å². The Morgan fingerprint density at radius 1 is 0.625 bits per heavy atom. The second kappa shape index (κ2) is 21.6. The molecule has 0 radical (unpaired) electrons. The molecular weight excluding hydrogens is 296 g/mol. The normalized spacial score (nSPS) is 11.2. The molecule has 0 saturated carbocycles. The zero-order valence-corrected chi connectivity index (χ0v) is 16.4. The fourth-order valence-corrected chi connectivity index (χ4v) is 1.80. The summed E-state index contributed by atoms with van der Waals surface area (Å²) in [6.07, 6.45) is 21.3. The van der Waals surface area contributed by atoms with Gasteiger partial charge in [-0.3, -0.25) is 9.59 Å². The van der Waals surface area contributed by atoms with Gasteiger partial charge in [-0.15, -0.1) is 0 Å². The maximum absolute atomic E-state index is 11.1. The molecule has 0 atom stereocenters. The number of hydrogen-bond donors (Lipinski definition) is 0. The lowest BCUT2D eigenvalue weighted by atomic mass is 10.1. The fourth-order valence-electron chi connectivity index (χ4n) is 1.80. The van der Waals surface area contributed by atoms with Gasteiger partial charge < -0.3 is 0 Å². The van der Waals surface area contributed by atoms with E-state index in [4.69, 9.17) is 0 Å². The van der Waals surface area contributed by atoms with Crippen LogP contribution in [0.5, 0.6) is 0 Å². The Kier molecular flexibility index (Phi) is 22.3. The first-order valence-electron chi connectivity index (χ1n) is 9.68. The lowest BCUT2D eigenvalue weighted by Crippen LogP contribution is -1.91. The molecule has 0 aromatic carbocycles. The molecule has 0 heterocycles. The van der Waals surface area contributed by atoms with Crippen molar-refractivity contribution >= 4 is 11.6 Å². The molecule has 2 heteroatoms. The van der Waals surface area contributed by atoms with Crippen molar-refractivity contribution in [3.63, 3.8) is 0 Å². The van der Waals surface area contributed by atoms with Crippen molar-refractivity contribution in [2.24, 2.45) is 0 Å². The van der Waals surface area contributed by atoms with Crippen LogP contribution in [0.15, 0.2) is 36.5 Å².